The fourth-order valence-corrected chi connectivity index (χ4v) is 2.49. The van der Waals surface area contributed by atoms with E-state index in [1.165, 1.54) is 11.0 Å². The number of nitrogens with zero attached hydrogens (tertiary/aromatic N) is 2. The van der Waals surface area contributed by atoms with Crippen LogP contribution >= 0.6 is 0 Å². The van der Waals surface area contributed by atoms with Crippen LogP contribution in [0.15, 0.2) is 71.3 Å². The SMILES string of the molecule is O=C(c1cc(OCc2ccccc2)no1)N(CCO)Cc1ccccc1. The van der Waals surface area contributed by atoms with Crippen LogP contribution in [0.25, 0.3) is 0 Å². The van der Waals surface area contributed by atoms with Crippen LogP contribution in [0.1, 0.15) is 21.7 Å². The molecule has 1 amide bonds. The van der Waals surface area contributed by atoms with Gasteiger partial charge in [-0.3, -0.25) is 4.79 Å². The highest BCUT2D eigenvalue weighted by Crippen LogP contribution is 2.16. The highest BCUT2D eigenvalue weighted by Gasteiger charge is 2.21. The van der Waals surface area contributed by atoms with Crippen LogP contribution in [-0.4, -0.2) is 34.2 Å². The number of ether oxygens (including phenoxy) is 1. The van der Waals surface area contributed by atoms with Gasteiger partial charge in [0.1, 0.15) is 6.61 Å². The van der Waals surface area contributed by atoms with Crippen LogP contribution < -0.4 is 4.74 Å². The van der Waals surface area contributed by atoms with E-state index in [2.05, 4.69) is 5.16 Å². The second kappa shape index (κ2) is 8.82. The summed E-state index contributed by atoms with van der Waals surface area (Å²) in [4.78, 5) is 14.2. The van der Waals surface area contributed by atoms with Gasteiger partial charge in [0.25, 0.3) is 11.8 Å². The quantitative estimate of drug-likeness (QED) is 0.675. The number of aliphatic hydroxyl groups is 1. The summed E-state index contributed by atoms with van der Waals surface area (Å²) in [6.45, 7) is 0.783. The van der Waals surface area contributed by atoms with E-state index < -0.39 is 0 Å². The van der Waals surface area contributed by atoms with E-state index in [0.717, 1.165) is 11.1 Å². The van der Waals surface area contributed by atoms with Gasteiger partial charge >= 0.3 is 0 Å². The third-order valence-corrected chi connectivity index (χ3v) is 3.80. The molecule has 6 nitrogen and oxygen atoms in total. The third kappa shape index (κ3) is 4.70. The highest BCUT2D eigenvalue weighted by molar-refractivity contribution is 5.91. The minimum Gasteiger partial charge on any atom is -0.471 e. The van der Waals surface area contributed by atoms with E-state index in [4.69, 9.17) is 9.26 Å². The number of aliphatic hydroxyl groups excluding tert-OH is 1. The van der Waals surface area contributed by atoms with Gasteiger partial charge in [-0.1, -0.05) is 60.7 Å². The second-order valence-corrected chi connectivity index (χ2v) is 5.74. The lowest BCUT2D eigenvalue weighted by atomic mass is 10.2. The Morgan fingerprint density at radius 2 is 1.69 bits per heavy atom. The Morgan fingerprint density at radius 1 is 1.04 bits per heavy atom. The first-order valence-corrected chi connectivity index (χ1v) is 8.34. The molecule has 0 saturated heterocycles. The zero-order valence-electron chi connectivity index (χ0n) is 14.2. The maximum Gasteiger partial charge on any atom is 0.292 e. The van der Waals surface area contributed by atoms with E-state index in [1.807, 2.05) is 60.7 Å². The summed E-state index contributed by atoms with van der Waals surface area (Å²) in [5, 5.41) is 13.1. The Balaban J connectivity index is 1.64. The number of carbonyl (C=O) groups is 1. The Bertz CT molecular complexity index is 818. The van der Waals surface area contributed by atoms with Crippen molar-refractivity contribution in [2.24, 2.45) is 0 Å². The second-order valence-electron chi connectivity index (χ2n) is 5.74. The average Bonchev–Trinajstić information content (AvgIpc) is 3.16. The number of hydrogen-bond acceptors (Lipinski definition) is 5. The first-order chi connectivity index (χ1) is 12.8. The summed E-state index contributed by atoms with van der Waals surface area (Å²) in [5.41, 5.74) is 1.96. The van der Waals surface area contributed by atoms with Crippen molar-refractivity contribution in [1.82, 2.24) is 10.1 Å². The van der Waals surface area contributed by atoms with Gasteiger partial charge in [-0.2, -0.15) is 0 Å². The molecule has 0 radical (unpaired) electrons. The molecule has 3 rings (SSSR count). The third-order valence-electron chi connectivity index (χ3n) is 3.80. The monoisotopic (exact) mass is 352 g/mol. The number of carbonyl (C=O) groups excluding carboxylic acids is 1. The molecule has 0 bridgehead atoms. The molecule has 0 fully saturated rings. The van der Waals surface area contributed by atoms with Crippen molar-refractivity contribution >= 4 is 5.91 Å². The maximum atomic E-state index is 12.7. The van der Waals surface area contributed by atoms with Gasteiger partial charge in [0, 0.05) is 13.1 Å². The molecule has 0 unspecified atom stereocenters. The lowest BCUT2D eigenvalue weighted by molar-refractivity contribution is 0.0666. The van der Waals surface area contributed by atoms with Gasteiger partial charge in [0.15, 0.2) is 0 Å². The number of amides is 1. The summed E-state index contributed by atoms with van der Waals surface area (Å²) >= 11 is 0. The standard InChI is InChI=1S/C20H20N2O4/c23-12-11-22(14-16-7-3-1-4-8-16)20(24)18-13-19(21-26-18)25-15-17-9-5-2-6-10-17/h1-10,13,23H,11-12,14-15H2. The molecule has 2 aromatic carbocycles. The topological polar surface area (TPSA) is 75.8 Å². The van der Waals surface area contributed by atoms with Crippen molar-refractivity contribution < 1.29 is 19.2 Å². The number of hydrogen-bond donors (Lipinski definition) is 1. The van der Waals surface area contributed by atoms with Gasteiger partial charge in [0.05, 0.1) is 12.7 Å². The summed E-state index contributed by atoms with van der Waals surface area (Å²) in [6, 6.07) is 20.7. The summed E-state index contributed by atoms with van der Waals surface area (Å²) in [6.07, 6.45) is 0. The van der Waals surface area contributed by atoms with Crippen LogP contribution in [0.3, 0.4) is 0 Å². The minimum absolute atomic E-state index is 0.0810. The molecule has 0 saturated carbocycles. The van der Waals surface area contributed by atoms with Crippen LogP contribution in [0, 0.1) is 0 Å². The van der Waals surface area contributed by atoms with Crippen molar-refractivity contribution in [2.45, 2.75) is 13.2 Å². The molecule has 0 aliphatic carbocycles. The molecule has 1 N–H and O–H groups in total. The number of rotatable bonds is 8. The fourth-order valence-electron chi connectivity index (χ4n) is 2.49. The smallest absolute Gasteiger partial charge is 0.292 e. The Labute approximate surface area is 151 Å². The Kier molecular flexibility index (Phi) is 6.01. The highest BCUT2D eigenvalue weighted by atomic mass is 16.5. The van der Waals surface area contributed by atoms with Crippen LogP contribution in [0.2, 0.25) is 0 Å². The summed E-state index contributed by atoms with van der Waals surface area (Å²) in [7, 11) is 0. The van der Waals surface area contributed by atoms with E-state index >= 15 is 0 Å². The van der Waals surface area contributed by atoms with E-state index in [0.29, 0.717) is 13.2 Å². The van der Waals surface area contributed by atoms with Crippen LogP contribution in [-0.2, 0) is 13.2 Å². The maximum absolute atomic E-state index is 12.7. The van der Waals surface area contributed by atoms with Crippen LogP contribution in [0.4, 0.5) is 0 Å². The van der Waals surface area contributed by atoms with Crippen molar-refractivity contribution in [3.63, 3.8) is 0 Å². The van der Waals surface area contributed by atoms with Crippen LogP contribution in [0.5, 0.6) is 5.88 Å². The first-order valence-electron chi connectivity index (χ1n) is 8.34. The van der Waals surface area contributed by atoms with E-state index in [9.17, 15) is 9.90 Å². The van der Waals surface area contributed by atoms with Crippen molar-refractivity contribution in [3.8, 4) is 5.88 Å². The zero-order valence-corrected chi connectivity index (χ0v) is 14.2. The van der Waals surface area contributed by atoms with Crippen molar-refractivity contribution in [1.29, 1.82) is 0 Å². The molecular weight excluding hydrogens is 332 g/mol. The van der Waals surface area contributed by atoms with Crippen molar-refractivity contribution in [3.05, 3.63) is 83.6 Å². The molecule has 1 aromatic heterocycles. The lowest BCUT2D eigenvalue weighted by Crippen LogP contribution is -2.32. The van der Waals surface area contributed by atoms with Crippen molar-refractivity contribution in [2.75, 3.05) is 13.2 Å². The average molecular weight is 352 g/mol. The lowest BCUT2D eigenvalue weighted by Gasteiger charge is -2.20. The van der Waals surface area contributed by atoms with Gasteiger partial charge in [-0.05, 0) is 16.3 Å². The van der Waals surface area contributed by atoms with E-state index in [-0.39, 0.29) is 30.7 Å². The number of benzene rings is 2. The molecule has 0 aliphatic heterocycles. The minimum atomic E-state index is -0.343. The number of aromatic nitrogens is 1. The summed E-state index contributed by atoms with van der Waals surface area (Å²) in [5.74, 6) is -0.0109. The summed E-state index contributed by atoms with van der Waals surface area (Å²) < 4.78 is 10.7. The molecule has 134 valence electrons. The predicted octanol–water partition coefficient (Wildman–Crippen LogP) is 2.89. The van der Waals surface area contributed by atoms with Gasteiger partial charge in [-0.15, -0.1) is 0 Å². The van der Waals surface area contributed by atoms with Gasteiger partial charge in [0.2, 0.25) is 5.76 Å². The van der Waals surface area contributed by atoms with E-state index in [1.54, 1.807) is 0 Å². The van der Waals surface area contributed by atoms with Gasteiger partial charge in [-0.25, -0.2) is 0 Å². The molecule has 0 spiro atoms. The molecule has 1 heterocycles. The molecular formula is C20H20N2O4. The fraction of sp³-hybridized carbons (Fsp3) is 0.200. The molecule has 3 aromatic rings. The Morgan fingerprint density at radius 3 is 2.35 bits per heavy atom. The normalized spacial score (nSPS) is 10.5. The molecule has 0 aliphatic rings. The zero-order chi connectivity index (χ0) is 18.2. The Hall–Kier alpha value is -3.12. The molecule has 6 heteroatoms. The largest absolute Gasteiger partial charge is 0.471 e. The first kappa shape index (κ1) is 17.7. The molecule has 0 atom stereocenters. The predicted molar refractivity (Wildman–Crippen MR) is 95.5 cm³/mol. The van der Waals surface area contributed by atoms with Gasteiger partial charge < -0.3 is 19.3 Å². The molecule has 26 heavy (non-hydrogen) atoms.